The summed E-state index contributed by atoms with van der Waals surface area (Å²) in [6.45, 7) is 3.22. The zero-order valence-electron chi connectivity index (χ0n) is 7.53. The van der Waals surface area contributed by atoms with Crippen LogP contribution in [-0.2, 0) is 9.84 Å². The highest BCUT2D eigenvalue weighted by Crippen LogP contribution is 2.35. The van der Waals surface area contributed by atoms with Crippen molar-refractivity contribution in [3.63, 3.8) is 0 Å². The second-order valence-electron chi connectivity index (χ2n) is 3.48. The molecule has 0 saturated heterocycles. The second-order valence-corrected chi connectivity index (χ2v) is 6.13. The topological polar surface area (TPSA) is 54.4 Å². The molecule has 0 amide bonds. The lowest BCUT2D eigenvalue weighted by molar-refractivity contribution is 0.149. The van der Waals surface area contributed by atoms with Crippen LogP contribution in [0.15, 0.2) is 0 Å². The quantitative estimate of drug-likeness (QED) is 0.709. The van der Waals surface area contributed by atoms with E-state index in [4.69, 9.17) is 0 Å². The van der Waals surface area contributed by atoms with Gasteiger partial charge in [0.1, 0.15) is 0 Å². The Bertz CT molecular complexity index is 241. The summed E-state index contributed by atoms with van der Waals surface area (Å²) < 4.78 is 22.6. The van der Waals surface area contributed by atoms with Crippen LogP contribution in [0.25, 0.3) is 0 Å². The van der Waals surface area contributed by atoms with Gasteiger partial charge in [0, 0.05) is 5.75 Å². The van der Waals surface area contributed by atoms with E-state index in [-0.39, 0.29) is 11.7 Å². The SMILES string of the molecule is CCS(=O)(=O)C(C)C(O)C1CC1. The Balaban J connectivity index is 2.62. The molecule has 0 radical (unpaired) electrons. The van der Waals surface area contributed by atoms with Crippen molar-refractivity contribution in [1.29, 1.82) is 0 Å². The molecule has 2 atom stereocenters. The Morgan fingerprint density at radius 2 is 2.00 bits per heavy atom. The Morgan fingerprint density at radius 3 is 2.33 bits per heavy atom. The second kappa shape index (κ2) is 3.34. The Labute approximate surface area is 73.7 Å². The first-order valence-electron chi connectivity index (χ1n) is 4.38. The number of aliphatic hydroxyl groups is 1. The molecule has 0 aromatic carbocycles. The maximum Gasteiger partial charge on any atom is 0.155 e. The molecular weight excluding hydrogens is 176 g/mol. The average Bonchev–Trinajstić information content (AvgIpc) is 2.84. The molecule has 1 N–H and O–H groups in total. The number of rotatable bonds is 4. The molecule has 12 heavy (non-hydrogen) atoms. The van der Waals surface area contributed by atoms with Crippen molar-refractivity contribution in [3.8, 4) is 0 Å². The summed E-state index contributed by atoms with van der Waals surface area (Å²) in [5.74, 6) is 0.360. The van der Waals surface area contributed by atoms with Crippen LogP contribution in [0.4, 0.5) is 0 Å². The van der Waals surface area contributed by atoms with Crippen molar-refractivity contribution in [2.45, 2.75) is 38.0 Å². The Hall–Kier alpha value is -0.0900. The van der Waals surface area contributed by atoms with Crippen LogP contribution in [0.3, 0.4) is 0 Å². The maximum absolute atomic E-state index is 11.3. The Morgan fingerprint density at radius 1 is 1.50 bits per heavy atom. The number of sulfone groups is 1. The average molecular weight is 192 g/mol. The highest BCUT2D eigenvalue weighted by molar-refractivity contribution is 7.92. The number of hydrogen-bond acceptors (Lipinski definition) is 3. The minimum atomic E-state index is -3.05. The third-order valence-corrected chi connectivity index (χ3v) is 4.77. The summed E-state index contributed by atoms with van der Waals surface area (Å²) in [6.07, 6.45) is 1.31. The summed E-state index contributed by atoms with van der Waals surface area (Å²) in [7, 11) is -3.05. The third kappa shape index (κ3) is 1.98. The third-order valence-electron chi connectivity index (χ3n) is 2.55. The first kappa shape index (κ1) is 9.99. The van der Waals surface area contributed by atoms with Gasteiger partial charge in [0.25, 0.3) is 0 Å². The van der Waals surface area contributed by atoms with Crippen molar-refractivity contribution in [1.82, 2.24) is 0 Å². The van der Waals surface area contributed by atoms with Crippen LogP contribution in [0, 0.1) is 5.92 Å². The lowest BCUT2D eigenvalue weighted by atomic mass is 10.2. The normalized spacial score (nSPS) is 23.6. The van der Waals surface area contributed by atoms with Gasteiger partial charge >= 0.3 is 0 Å². The van der Waals surface area contributed by atoms with Gasteiger partial charge < -0.3 is 5.11 Å². The Kier molecular flexibility index (Phi) is 2.78. The van der Waals surface area contributed by atoms with Crippen LogP contribution >= 0.6 is 0 Å². The predicted molar refractivity (Wildman–Crippen MR) is 47.7 cm³/mol. The zero-order valence-corrected chi connectivity index (χ0v) is 8.34. The minimum Gasteiger partial charge on any atom is -0.392 e. The van der Waals surface area contributed by atoms with Crippen LogP contribution in [0.2, 0.25) is 0 Å². The van der Waals surface area contributed by atoms with Gasteiger partial charge in [0.15, 0.2) is 9.84 Å². The van der Waals surface area contributed by atoms with E-state index < -0.39 is 21.2 Å². The van der Waals surface area contributed by atoms with Gasteiger partial charge in [-0.05, 0) is 25.7 Å². The molecule has 1 saturated carbocycles. The van der Waals surface area contributed by atoms with Gasteiger partial charge in [-0.15, -0.1) is 0 Å². The highest BCUT2D eigenvalue weighted by Gasteiger charge is 2.38. The monoisotopic (exact) mass is 192 g/mol. The number of aliphatic hydroxyl groups excluding tert-OH is 1. The molecule has 0 spiro atoms. The van der Waals surface area contributed by atoms with Crippen molar-refractivity contribution in [3.05, 3.63) is 0 Å². The van der Waals surface area contributed by atoms with Crippen LogP contribution < -0.4 is 0 Å². The molecular formula is C8H16O3S. The highest BCUT2D eigenvalue weighted by atomic mass is 32.2. The zero-order chi connectivity index (χ0) is 9.35. The molecule has 4 heteroatoms. The van der Waals surface area contributed by atoms with E-state index in [9.17, 15) is 13.5 Å². The fourth-order valence-electron chi connectivity index (χ4n) is 1.30. The fraction of sp³-hybridized carbons (Fsp3) is 1.00. The minimum absolute atomic E-state index is 0.123. The molecule has 0 aromatic rings. The van der Waals surface area contributed by atoms with E-state index in [0.29, 0.717) is 0 Å². The van der Waals surface area contributed by atoms with E-state index in [0.717, 1.165) is 12.8 Å². The van der Waals surface area contributed by atoms with Crippen LogP contribution in [0.5, 0.6) is 0 Å². The van der Waals surface area contributed by atoms with Gasteiger partial charge in [-0.2, -0.15) is 0 Å². The molecule has 0 heterocycles. The molecule has 3 nitrogen and oxygen atoms in total. The van der Waals surface area contributed by atoms with Crippen LogP contribution in [-0.4, -0.2) is 30.6 Å². The predicted octanol–water partition coefficient (Wildman–Crippen LogP) is 0.581. The van der Waals surface area contributed by atoms with Gasteiger partial charge in [-0.3, -0.25) is 0 Å². The summed E-state index contributed by atoms with van der Waals surface area (Å²) in [5, 5.41) is 8.96. The lowest BCUT2D eigenvalue weighted by Crippen LogP contribution is -2.33. The molecule has 72 valence electrons. The molecule has 0 bridgehead atoms. The molecule has 0 aromatic heterocycles. The largest absolute Gasteiger partial charge is 0.392 e. The van der Waals surface area contributed by atoms with E-state index in [2.05, 4.69) is 0 Å². The van der Waals surface area contributed by atoms with Gasteiger partial charge in [0.05, 0.1) is 11.4 Å². The molecule has 2 unspecified atom stereocenters. The van der Waals surface area contributed by atoms with Gasteiger partial charge in [-0.1, -0.05) is 6.92 Å². The van der Waals surface area contributed by atoms with E-state index in [1.54, 1.807) is 13.8 Å². The van der Waals surface area contributed by atoms with Crippen molar-refractivity contribution in [2.24, 2.45) is 5.92 Å². The lowest BCUT2D eigenvalue weighted by Gasteiger charge is -2.17. The summed E-state index contributed by atoms with van der Waals surface area (Å²) >= 11 is 0. The summed E-state index contributed by atoms with van der Waals surface area (Å²) in [5.41, 5.74) is 0. The van der Waals surface area contributed by atoms with E-state index in [1.165, 1.54) is 0 Å². The maximum atomic E-state index is 11.3. The summed E-state index contributed by atoms with van der Waals surface area (Å²) in [6, 6.07) is 0. The molecule has 1 aliphatic rings. The standard InChI is InChI=1S/C8H16O3S/c1-3-12(10,11)6(2)8(9)7-4-5-7/h6-9H,3-5H2,1-2H3. The number of hydrogen-bond donors (Lipinski definition) is 1. The molecule has 1 aliphatic carbocycles. The van der Waals surface area contributed by atoms with E-state index >= 15 is 0 Å². The molecule has 0 aliphatic heterocycles. The summed E-state index contributed by atoms with van der Waals surface area (Å²) in [4.78, 5) is 0. The van der Waals surface area contributed by atoms with Crippen molar-refractivity contribution < 1.29 is 13.5 Å². The first-order chi connectivity index (χ1) is 5.49. The van der Waals surface area contributed by atoms with E-state index in [1.807, 2.05) is 0 Å². The van der Waals surface area contributed by atoms with Crippen LogP contribution in [0.1, 0.15) is 26.7 Å². The fourth-order valence-corrected chi connectivity index (χ4v) is 2.47. The molecule has 1 fully saturated rings. The molecule has 1 rings (SSSR count). The first-order valence-corrected chi connectivity index (χ1v) is 6.10. The van der Waals surface area contributed by atoms with Crippen molar-refractivity contribution in [2.75, 3.05) is 5.75 Å². The van der Waals surface area contributed by atoms with Crippen molar-refractivity contribution >= 4 is 9.84 Å². The smallest absolute Gasteiger partial charge is 0.155 e. The van der Waals surface area contributed by atoms with Gasteiger partial charge in [-0.25, -0.2) is 8.42 Å². The van der Waals surface area contributed by atoms with Gasteiger partial charge in [0.2, 0.25) is 0 Å².